The number of nitrogens with zero attached hydrogens (tertiary/aromatic N) is 1. The van der Waals surface area contributed by atoms with E-state index in [-0.39, 0.29) is 11.9 Å². The van der Waals surface area contributed by atoms with Crippen LogP contribution in [0.25, 0.3) is 11.0 Å². The van der Waals surface area contributed by atoms with E-state index in [1.165, 1.54) is 0 Å². The predicted octanol–water partition coefficient (Wildman–Crippen LogP) is 3.73. The van der Waals surface area contributed by atoms with Crippen LogP contribution in [0.15, 0.2) is 59.3 Å². The quantitative estimate of drug-likeness (QED) is 0.788. The highest BCUT2D eigenvalue weighted by Crippen LogP contribution is 2.30. The minimum absolute atomic E-state index is 0.0988. The number of carbonyl (C=O) groups is 1. The van der Waals surface area contributed by atoms with Crippen LogP contribution in [0.4, 0.5) is 0 Å². The molecule has 1 saturated heterocycles. The van der Waals surface area contributed by atoms with E-state index in [0.717, 1.165) is 42.6 Å². The average molecular weight is 336 g/mol. The third kappa shape index (κ3) is 3.42. The lowest BCUT2D eigenvalue weighted by atomic mass is 9.87. The van der Waals surface area contributed by atoms with Crippen molar-refractivity contribution in [2.24, 2.45) is 5.92 Å². The number of furan rings is 1. The van der Waals surface area contributed by atoms with Crippen molar-refractivity contribution >= 4 is 16.9 Å². The number of nitrogens with one attached hydrogen (secondary N) is 1. The highest BCUT2D eigenvalue weighted by Gasteiger charge is 2.28. The zero-order valence-electron chi connectivity index (χ0n) is 13.9. The molecule has 1 fully saturated rings. The normalized spacial score (nSPS) is 16.6. The minimum Gasteiger partial charge on any atom is -0.451 e. The number of fused-ring (bicyclic) bond motifs is 1. The fourth-order valence-corrected chi connectivity index (χ4v) is 3.39. The van der Waals surface area contributed by atoms with Crippen LogP contribution in [-0.4, -0.2) is 24.1 Å². The molecule has 0 bridgehead atoms. The maximum absolute atomic E-state index is 12.8. The van der Waals surface area contributed by atoms with Crippen molar-refractivity contribution in [3.63, 3.8) is 0 Å². The number of hydrogen-bond donors (Lipinski definition) is 1. The van der Waals surface area contributed by atoms with Gasteiger partial charge in [0.25, 0.3) is 5.91 Å². The third-order valence-electron chi connectivity index (χ3n) is 4.72. The van der Waals surface area contributed by atoms with E-state index in [1.54, 1.807) is 12.3 Å². The first kappa shape index (κ1) is 15.8. The SMILES string of the molecule is O=C(N[C@@H](c1cccnc1)C1CCOCC1)c1cc2ccccc2o1. The minimum atomic E-state index is -0.198. The summed E-state index contributed by atoms with van der Waals surface area (Å²) in [5.74, 6) is 0.463. The highest BCUT2D eigenvalue weighted by molar-refractivity contribution is 5.96. The van der Waals surface area contributed by atoms with E-state index in [2.05, 4.69) is 10.3 Å². The molecule has 128 valence electrons. The topological polar surface area (TPSA) is 64.4 Å². The molecule has 0 aliphatic carbocycles. The summed E-state index contributed by atoms with van der Waals surface area (Å²) in [7, 11) is 0. The Balaban J connectivity index is 1.59. The van der Waals surface area contributed by atoms with Gasteiger partial charge in [0.2, 0.25) is 0 Å². The van der Waals surface area contributed by atoms with Crippen LogP contribution in [0.2, 0.25) is 0 Å². The summed E-state index contributed by atoms with van der Waals surface area (Å²) >= 11 is 0. The van der Waals surface area contributed by atoms with E-state index in [0.29, 0.717) is 11.7 Å². The van der Waals surface area contributed by atoms with Crippen LogP contribution >= 0.6 is 0 Å². The van der Waals surface area contributed by atoms with Gasteiger partial charge in [-0.05, 0) is 42.5 Å². The van der Waals surface area contributed by atoms with Gasteiger partial charge >= 0.3 is 0 Å². The molecule has 1 aliphatic heterocycles. The first-order chi connectivity index (χ1) is 12.3. The Morgan fingerprint density at radius 2 is 2.00 bits per heavy atom. The summed E-state index contributed by atoms with van der Waals surface area (Å²) in [5.41, 5.74) is 1.73. The molecule has 5 heteroatoms. The first-order valence-electron chi connectivity index (χ1n) is 8.58. The van der Waals surface area contributed by atoms with Gasteiger partial charge in [0.15, 0.2) is 5.76 Å². The van der Waals surface area contributed by atoms with Crippen LogP contribution in [-0.2, 0) is 4.74 Å². The molecule has 0 spiro atoms. The number of pyridine rings is 1. The number of hydrogen-bond acceptors (Lipinski definition) is 4. The Morgan fingerprint density at radius 3 is 2.76 bits per heavy atom. The summed E-state index contributed by atoms with van der Waals surface area (Å²) in [6.45, 7) is 1.45. The van der Waals surface area contributed by atoms with Gasteiger partial charge in [-0.1, -0.05) is 24.3 Å². The smallest absolute Gasteiger partial charge is 0.287 e. The number of ether oxygens (including phenoxy) is 1. The zero-order valence-corrected chi connectivity index (χ0v) is 13.9. The fraction of sp³-hybridized carbons (Fsp3) is 0.300. The van der Waals surface area contributed by atoms with Crippen LogP contribution < -0.4 is 5.32 Å². The molecule has 1 N–H and O–H groups in total. The highest BCUT2D eigenvalue weighted by atomic mass is 16.5. The molecule has 0 radical (unpaired) electrons. The Morgan fingerprint density at radius 1 is 1.16 bits per heavy atom. The van der Waals surface area contributed by atoms with Gasteiger partial charge in [0, 0.05) is 31.0 Å². The van der Waals surface area contributed by atoms with E-state index in [4.69, 9.17) is 9.15 Å². The van der Waals surface area contributed by atoms with Gasteiger partial charge < -0.3 is 14.5 Å². The average Bonchev–Trinajstić information content (AvgIpc) is 3.12. The van der Waals surface area contributed by atoms with Gasteiger partial charge in [-0.3, -0.25) is 9.78 Å². The Kier molecular flexibility index (Phi) is 4.48. The Hall–Kier alpha value is -2.66. The lowest BCUT2D eigenvalue weighted by Crippen LogP contribution is -2.36. The molecule has 1 atom stereocenters. The maximum Gasteiger partial charge on any atom is 0.287 e. The van der Waals surface area contributed by atoms with Crippen molar-refractivity contribution in [2.75, 3.05) is 13.2 Å². The van der Waals surface area contributed by atoms with Gasteiger partial charge in [-0.2, -0.15) is 0 Å². The number of benzene rings is 1. The lowest BCUT2D eigenvalue weighted by Gasteiger charge is -2.30. The van der Waals surface area contributed by atoms with E-state index < -0.39 is 0 Å². The summed E-state index contributed by atoms with van der Waals surface area (Å²) in [5, 5.41) is 4.08. The number of amides is 1. The molecule has 2 aromatic heterocycles. The predicted molar refractivity (Wildman–Crippen MR) is 94.2 cm³/mol. The van der Waals surface area contributed by atoms with Crippen molar-refractivity contribution < 1.29 is 13.9 Å². The van der Waals surface area contributed by atoms with Gasteiger partial charge in [-0.25, -0.2) is 0 Å². The second kappa shape index (κ2) is 7.07. The van der Waals surface area contributed by atoms with E-state index >= 15 is 0 Å². The van der Waals surface area contributed by atoms with Gasteiger partial charge in [0.1, 0.15) is 5.58 Å². The molecule has 0 unspecified atom stereocenters. The number of rotatable bonds is 4. The molecular formula is C20H20N2O3. The molecule has 4 rings (SSSR count). The zero-order chi connectivity index (χ0) is 17.1. The molecule has 1 aliphatic rings. The molecule has 25 heavy (non-hydrogen) atoms. The molecular weight excluding hydrogens is 316 g/mol. The molecule has 5 nitrogen and oxygen atoms in total. The van der Waals surface area contributed by atoms with Crippen LogP contribution in [0.5, 0.6) is 0 Å². The van der Waals surface area contributed by atoms with Crippen molar-refractivity contribution in [1.29, 1.82) is 0 Å². The van der Waals surface area contributed by atoms with Crippen molar-refractivity contribution in [1.82, 2.24) is 10.3 Å². The Bertz CT molecular complexity index is 821. The molecule has 0 saturated carbocycles. The summed E-state index contributed by atoms with van der Waals surface area (Å²) in [6, 6.07) is 13.2. The van der Waals surface area contributed by atoms with Crippen molar-refractivity contribution in [3.05, 3.63) is 66.2 Å². The largest absolute Gasteiger partial charge is 0.451 e. The summed E-state index contributed by atoms with van der Waals surface area (Å²) in [4.78, 5) is 17.0. The monoisotopic (exact) mass is 336 g/mol. The van der Waals surface area contributed by atoms with Crippen molar-refractivity contribution in [2.45, 2.75) is 18.9 Å². The maximum atomic E-state index is 12.8. The molecule has 3 heterocycles. The van der Waals surface area contributed by atoms with Gasteiger partial charge in [-0.15, -0.1) is 0 Å². The second-order valence-corrected chi connectivity index (χ2v) is 6.34. The second-order valence-electron chi connectivity index (χ2n) is 6.34. The molecule has 1 amide bonds. The number of aromatic nitrogens is 1. The van der Waals surface area contributed by atoms with Crippen molar-refractivity contribution in [3.8, 4) is 0 Å². The lowest BCUT2D eigenvalue weighted by molar-refractivity contribution is 0.0509. The van der Waals surface area contributed by atoms with E-state index in [1.807, 2.05) is 42.6 Å². The number of carbonyl (C=O) groups excluding carboxylic acids is 1. The van der Waals surface area contributed by atoms with Gasteiger partial charge in [0.05, 0.1) is 6.04 Å². The molecule has 1 aromatic carbocycles. The Labute approximate surface area is 146 Å². The molecule has 3 aromatic rings. The summed E-state index contributed by atoms with van der Waals surface area (Å²) < 4.78 is 11.2. The number of para-hydroxylation sites is 1. The van der Waals surface area contributed by atoms with Crippen LogP contribution in [0.3, 0.4) is 0 Å². The van der Waals surface area contributed by atoms with Crippen LogP contribution in [0, 0.1) is 5.92 Å². The standard InChI is InChI=1S/C20H20N2O3/c23-20(18-12-15-4-1-2-6-17(15)25-18)22-19(14-7-10-24-11-8-14)16-5-3-9-21-13-16/h1-6,9,12-14,19H,7-8,10-11H2,(H,22,23)/t19-/m1/s1. The fourth-order valence-electron chi connectivity index (χ4n) is 3.39. The first-order valence-corrected chi connectivity index (χ1v) is 8.58. The van der Waals surface area contributed by atoms with E-state index in [9.17, 15) is 4.79 Å². The third-order valence-corrected chi connectivity index (χ3v) is 4.72. The van der Waals surface area contributed by atoms with Crippen LogP contribution in [0.1, 0.15) is 35.0 Å². The summed E-state index contributed by atoms with van der Waals surface area (Å²) in [6.07, 6.45) is 5.39.